The first-order valence-corrected chi connectivity index (χ1v) is 7.80. The van der Waals surface area contributed by atoms with Crippen molar-refractivity contribution < 1.29 is 9.13 Å². The monoisotopic (exact) mass is 370 g/mol. The topological polar surface area (TPSA) is 90.8 Å². The predicted molar refractivity (Wildman–Crippen MR) is 96.3 cm³/mol. The van der Waals surface area contributed by atoms with Crippen molar-refractivity contribution in [1.82, 2.24) is 9.97 Å². The zero-order chi connectivity index (χ0) is 18.7. The molecule has 1 aromatic heterocycles. The Bertz CT molecular complexity index is 1060. The molecule has 8 heteroatoms. The number of halogens is 2. The molecule has 0 aliphatic rings. The van der Waals surface area contributed by atoms with E-state index in [4.69, 9.17) is 16.3 Å². The van der Waals surface area contributed by atoms with Gasteiger partial charge in [-0.05, 0) is 42.5 Å². The SMILES string of the molecule is COc1ccc(-c2nc(Nc3ccc(Cl)cc3)[nH]c(=O)c2C#N)cc1F. The van der Waals surface area contributed by atoms with Gasteiger partial charge in [0.15, 0.2) is 11.6 Å². The number of ether oxygens (including phenoxy) is 1. The Labute approximate surface area is 152 Å². The fourth-order valence-corrected chi connectivity index (χ4v) is 2.45. The second-order valence-electron chi connectivity index (χ2n) is 5.23. The number of rotatable bonds is 4. The summed E-state index contributed by atoms with van der Waals surface area (Å²) in [6.45, 7) is 0. The van der Waals surface area contributed by atoms with Crippen LogP contribution in [0.3, 0.4) is 0 Å². The summed E-state index contributed by atoms with van der Waals surface area (Å²) in [4.78, 5) is 19.0. The normalized spacial score (nSPS) is 10.2. The Hall–Kier alpha value is -3.37. The fraction of sp³-hybridized carbons (Fsp3) is 0.0556. The molecule has 0 aliphatic carbocycles. The van der Waals surface area contributed by atoms with Gasteiger partial charge in [0.2, 0.25) is 5.95 Å². The van der Waals surface area contributed by atoms with E-state index in [1.807, 2.05) is 0 Å². The summed E-state index contributed by atoms with van der Waals surface area (Å²) in [6, 6.07) is 12.6. The number of nitrogens with zero attached hydrogens (tertiary/aromatic N) is 2. The molecule has 0 unspecified atom stereocenters. The van der Waals surface area contributed by atoms with Crippen LogP contribution < -0.4 is 15.6 Å². The van der Waals surface area contributed by atoms with Crippen LogP contribution in [0.1, 0.15) is 5.56 Å². The van der Waals surface area contributed by atoms with E-state index in [1.165, 1.54) is 19.2 Å². The molecule has 130 valence electrons. The second kappa shape index (κ2) is 7.25. The van der Waals surface area contributed by atoms with Crippen LogP contribution >= 0.6 is 11.6 Å². The summed E-state index contributed by atoms with van der Waals surface area (Å²) in [5.74, 6) is -0.456. The van der Waals surface area contributed by atoms with Crippen molar-refractivity contribution in [3.8, 4) is 23.1 Å². The number of nitrogens with one attached hydrogen (secondary N) is 2. The molecule has 0 amide bonds. The average molecular weight is 371 g/mol. The smallest absolute Gasteiger partial charge is 0.270 e. The molecule has 1 heterocycles. The molecule has 0 saturated carbocycles. The lowest BCUT2D eigenvalue weighted by Crippen LogP contribution is -2.16. The lowest BCUT2D eigenvalue weighted by atomic mass is 10.1. The molecule has 0 bridgehead atoms. The first kappa shape index (κ1) is 17.5. The van der Waals surface area contributed by atoms with Crippen molar-refractivity contribution in [2.75, 3.05) is 12.4 Å². The van der Waals surface area contributed by atoms with E-state index in [9.17, 15) is 14.4 Å². The lowest BCUT2D eigenvalue weighted by molar-refractivity contribution is 0.386. The third-order valence-electron chi connectivity index (χ3n) is 3.56. The number of benzene rings is 2. The van der Waals surface area contributed by atoms with Crippen molar-refractivity contribution in [2.24, 2.45) is 0 Å². The largest absolute Gasteiger partial charge is 0.494 e. The van der Waals surface area contributed by atoms with Crippen LogP contribution in [0.5, 0.6) is 5.75 Å². The van der Waals surface area contributed by atoms with E-state index in [0.717, 1.165) is 6.07 Å². The summed E-state index contributed by atoms with van der Waals surface area (Å²) in [6.07, 6.45) is 0. The third kappa shape index (κ3) is 3.50. The molecular weight excluding hydrogens is 359 g/mol. The number of nitriles is 1. The van der Waals surface area contributed by atoms with E-state index >= 15 is 0 Å². The first-order chi connectivity index (χ1) is 12.5. The van der Waals surface area contributed by atoms with Crippen molar-refractivity contribution >= 4 is 23.2 Å². The van der Waals surface area contributed by atoms with Gasteiger partial charge in [0.25, 0.3) is 5.56 Å². The number of aromatic amines is 1. The highest BCUT2D eigenvalue weighted by atomic mass is 35.5. The van der Waals surface area contributed by atoms with Crippen molar-refractivity contribution in [3.63, 3.8) is 0 Å². The number of anilines is 2. The quantitative estimate of drug-likeness (QED) is 0.727. The molecule has 3 rings (SSSR count). The predicted octanol–water partition coefficient (Wildman–Crippen LogP) is 3.85. The van der Waals surface area contributed by atoms with Crippen molar-refractivity contribution in [1.29, 1.82) is 5.26 Å². The highest BCUT2D eigenvalue weighted by Gasteiger charge is 2.15. The van der Waals surface area contributed by atoms with Crippen molar-refractivity contribution in [3.05, 3.63) is 69.2 Å². The number of hydrogen-bond acceptors (Lipinski definition) is 5. The van der Waals surface area contributed by atoms with E-state index in [0.29, 0.717) is 10.7 Å². The van der Waals surface area contributed by atoms with Gasteiger partial charge < -0.3 is 10.1 Å². The van der Waals surface area contributed by atoms with Crippen LogP contribution in [0, 0.1) is 17.1 Å². The second-order valence-corrected chi connectivity index (χ2v) is 5.67. The standard InChI is InChI=1S/C18H12ClFN4O2/c1-26-15-7-2-10(8-14(15)20)16-13(9-21)17(25)24-18(23-16)22-12-5-3-11(19)4-6-12/h2-8H,1H3,(H2,22,23,24,25). The number of aromatic nitrogens is 2. The zero-order valence-corrected chi connectivity index (χ0v) is 14.3. The molecule has 0 atom stereocenters. The summed E-state index contributed by atoms with van der Waals surface area (Å²) in [5, 5.41) is 12.8. The van der Waals surface area contributed by atoms with Gasteiger partial charge in [0.05, 0.1) is 12.8 Å². The molecule has 26 heavy (non-hydrogen) atoms. The Morgan fingerprint density at radius 3 is 2.62 bits per heavy atom. The maximum atomic E-state index is 14.0. The Morgan fingerprint density at radius 2 is 2.00 bits per heavy atom. The molecule has 6 nitrogen and oxygen atoms in total. The molecule has 0 radical (unpaired) electrons. The van der Waals surface area contributed by atoms with Crippen LogP contribution in [0.2, 0.25) is 5.02 Å². The molecule has 3 aromatic rings. The highest BCUT2D eigenvalue weighted by Crippen LogP contribution is 2.26. The van der Waals surface area contributed by atoms with Crippen LogP contribution in [-0.4, -0.2) is 17.1 Å². The first-order valence-electron chi connectivity index (χ1n) is 7.42. The number of hydrogen-bond donors (Lipinski definition) is 2. The molecule has 0 saturated heterocycles. The molecule has 0 fully saturated rings. The van der Waals surface area contributed by atoms with Crippen LogP contribution in [0.25, 0.3) is 11.3 Å². The Morgan fingerprint density at radius 1 is 1.27 bits per heavy atom. The van der Waals surface area contributed by atoms with E-state index in [2.05, 4.69) is 15.3 Å². The van der Waals surface area contributed by atoms with E-state index < -0.39 is 11.4 Å². The van der Waals surface area contributed by atoms with Crippen LogP contribution in [-0.2, 0) is 0 Å². The van der Waals surface area contributed by atoms with Crippen LogP contribution in [0.15, 0.2) is 47.3 Å². The van der Waals surface area contributed by atoms with Crippen molar-refractivity contribution in [2.45, 2.75) is 0 Å². The summed E-state index contributed by atoms with van der Waals surface area (Å²) < 4.78 is 18.9. The minimum atomic E-state index is -0.634. The van der Waals surface area contributed by atoms with Gasteiger partial charge >= 0.3 is 0 Å². The maximum Gasteiger partial charge on any atom is 0.270 e. The highest BCUT2D eigenvalue weighted by molar-refractivity contribution is 6.30. The van der Waals surface area contributed by atoms with Gasteiger partial charge in [0.1, 0.15) is 11.6 Å². The van der Waals surface area contributed by atoms with Gasteiger partial charge in [-0.25, -0.2) is 9.37 Å². The molecule has 2 aromatic carbocycles. The van der Waals surface area contributed by atoms with Gasteiger partial charge in [-0.2, -0.15) is 5.26 Å². The molecule has 2 N–H and O–H groups in total. The van der Waals surface area contributed by atoms with Gasteiger partial charge in [0, 0.05) is 16.3 Å². The average Bonchev–Trinajstić information content (AvgIpc) is 2.63. The summed E-state index contributed by atoms with van der Waals surface area (Å²) in [7, 11) is 1.35. The summed E-state index contributed by atoms with van der Waals surface area (Å²) >= 11 is 5.84. The van der Waals surface area contributed by atoms with E-state index in [-0.39, 0.29) is 28.5 Å². The summed E-state index contributed by atoms with van der Waals surface area (Å²) in [5.41, 5.74) is 0.134. The molecule has 0 spiro atoms. The van der Waals surface area contributed by atoms with Gasteiger partial charge in [-0.1, -0.05) is 11.6 Å². The minimum absolute atomic E-state index is 0.0524. The maximum absolute atomic E-state index is 14.0. The Kier molecular flexibility index (Phi) is 4.87. The molecular formula is C18H12ClFN4O2. The van der Waals surface area contributed by atoms with Gasteiger partial charge in [-0.15, -0.1) is 0 Å². The lowest BCUT2D eigenvalue weighted by Gasteiger charge is -2.10. The van der Waals surface area contributed by atoms with E-state index in [1.54, 1.807) is 30.3 Å². The third-order valence-corrected chi connectivity index (χ3v) is 3.82. The fourth-order valence-electron chi connectivity index (χ4n) is 2.33. The van der Waals surface area contributed by atoms with Gasteiger partial charge in [-0.3, -0.25) is 9.78 Å². The zero-order valence-electron chi connectivity index (χ0n) is 13.5. The minimum Gasteiger partial charge on any atom is -0.494 e. The van der Waals surface area contributed by atoms with Crippen LogP contribution in [0.4, 0.5) is 16.0 Å². The Balaban J connectivity index is 2.08. The number of H-pyrrole nitrogens is 1. The molecule has 0 aliphatic heterocycles. The number of methoxy groups -OCH3 is 1.